The second kappa shape index (κ2) is 7.70. The zero-order valence-electron chi connectivity index (χ0n) is 12.1. The summed E-state index contributed by atoms with van der Waals surface area (Å²) in [7, 11) is 0. The molecule has 0 heterocycles. The van der Waals surface area contributed by atoms with E-state index in [-0.39, 0.29) is 11.9 Å². The van der Waals surface area contributed by atoms with Crippen molar-refractivity contribution >= 4 is 38.5 Å². The van der Waals surface area contributed by atoms with Gasteiger partial charge in [0.05, 0.1) is 0 Å². The van der Waals surface area contributed by atoms with Gasteiger partial charge in [0.25, 0.3) is 0 Å². The maximum Gasteiger partial charge on any atom is 0.124 e. The fourth-order valence-electron chi connectivity index (χ4n) is 2.44. The Morgan fingerprint density at radius 3 is 2.71 bits per heavy atom. The lowest BCUT2D eigenvalue weighted by atomic mass is 9.97. The first-order valence-electron chi connectivity index (χ1n) is 6.94. The lowest BCUT2D eigenvalue weighted by Gasteiger charge is -2.21. The van der Waals surface area contributed by atoms with Gasteiger partial charge in [-0.3, -0.25) is 0 Å². The number of hydrogen-bond acceptors (Lipinski definition) is 1. The Kier molecular flexibility index (Phi) is 6.20. The fourth-order valence-corrected chi connectivity index (χ4v) is 3.69. The number of likely N-dealkylation sites (N-methyl/N-ethyl adjacent to an activating group) is 1. The van der Waals surface area contributed by atoms with Crippen molar-refractivity contribution < 1.29 is 4.39 Å². The van der Waals surface area contributed by atoms with Crippen LogP contribution < -0.4 is 5.32 Å². The second-order valence-electron chi connectivity index (χ2n) is 5.07. The highest BCUT2D eigenvalue weighted by Crippen LogP contribution is 2.27. The van der Waals surface area contributed by atoms with E-state index < -0.39 is 0 Å². The van der Waals surface area contributed by atoms with E-state index in [1.807, 2.05) is 6.07 Å². The third-order valence-electron chi connectivity index (χ3n) is 3.41. The lowest BCUT2D eigenvalue weighted by Crippen LogP contribution is -2.24. The first-order valence-corrected chi connectivity index (χ1v) is 8.81. The Hall–Kier alpha value is -0.460. The first kappa shape index (κ1) is 16.9. The van der Waals surface area contributed by atoms with Crippen LogP contribution in [0.3, 0.4) is 0 Å². The van der Waals surface area contributed by atoms with E-state index in [0.29, 0.717) is 0 Å². The van der Waals surface area contributed by atoms with Gasteiger partial charge in [0.2, 0.25) is 0 Å². The van der Waals surface area contributed by atoms with E-state index in [2.05, 4.69) is 75.9 Å². The summed E-state index contributed by atoms with van der Waals surface area (Å²) >= 11 is 5.75. The molecule has 2 aromatic carbocycles. The average molecular weight is 462 g/mol. The van der Waals surface area contributed by atoms with Crippen LogP contribution >= 0.6 is 38.5 Å². The number of halogens is 3. The maximum absolute atomic E-state index is 13.6. The van der Waals surface area contributed by atoms with E-state index in [1.54, 1.807) is 6.07 Å². The molecule has 0 saturated carbocycles. The van der Waals surface area contributed by atoms with Gasteiger partial charge < -0.3 is 5.32 Å². The summed E-state index contributed by atoms with van der Waals surface area (Å²) in [4.78, 5) is 0. The highest BCUT2D eigenvalue weighted by Gasteiger charge is 2.15. The molecule has 0 spiro atoms. The molecule has 0 aliphatic rings. The lowest BCUT2D eigenvalue weighted by molar-refractivity contribution is 0.544. The largest absolute Gasteiger partial charge is 0.310 e. The maximum atomic E-state index is 13.6. The van der Waals surface area contributed by atoms with Crippen molar-refractivity contribution in [2.24, 2.45) is 0 Å². The molecule has 0 bridgehead atoms. The normalized spacial score (nSPS) is 12.4. The van der Waals surface area contributed by atoms with Gasteiger partial charge in [0.1, 0.15) is 5.82 Å². The van der Waals surface area contributed by atoms with Gasteiger partial charge >= 0.3 is 0 Å². The molecule has 112 valence electrons. The summed E-state index contributed by atoms with van der Waals surface area (Å²) in [5, 5.41) is 3.51. The zero-order chi connectivity index (χ0) is 15.4. The topological polar surface area (TPSA) is 12.0 Å². The SMILES string of the molecule is CCNC(Cc1cc(F)cc(Br)c1)c1cccc(C)c1I. The molecule has 0 saturated heterocycles. The summed E-state index contributed by atoms with van der Waals surface area (Å²) in [6.45, 7) is 5.09. The molecule has 0 aromatic heterocycles. The van der Waals surface area contributed by atoms with Crippen molar-refractivity contribution in [3.8, 4) is 0 Å². The predicted molar refractivity (Wildman–Crippen MR) is 98.1 cm³/mol. The van der Waals surface area contributed by atoms with E-state index in [9.17, 15) is 4.39 Å². The first-order chi connectivity index (χ1) is 10.0. The molecule has 0 aliphatic carbocycles. The standard InChI is InChI=1S/C17H18BrFIN/c1-3-21-16(15-6-4-5-11(2)17(15)20)9-12-7-13(18)10-14(19)8-12/h4-8,10,16,21H,3,9H2,1-2H3. The van der Waals surface area contributed by atoms with Crippen LogP contribution in [-0.2, 0) is 6.42 Å². The molecule has 1 N–H and O–H groups in total. The third kappa shape index (κ3) is 4.50. The number of hydrogen-bond donors (Lipinski definition) is 1. The Bertz CT molecular complexity index is 610. The summed E-state index contributed by atoms with van der Waals surface area (Å²) in [6, 6.07) is 11.6. The van der Waals surface area contributed by atoms with Crippen LogP contribution in [0.15, 0.2) is 40.9 Å². The van der Waals surface area contributed by atoms with Gasteiger partial charge in [0.15, 0.2) is 0 Å². The molecule has 1 nitrogen and oxygen atoms in total. The minimum atomic E-state index is -0.200. The van der Waals surface area contributed by atoms with E-state index in [0.717, 1.165) is 23.0 Å². The van der Waals surface area contributed by atoms with Crippen LogP contribution in [0.4, 0.5) is 4.39 Å². The summed E-state index contributed by atoms with van der Waals surface area (Å²) in [5.74, 6) is -0.200. The minimum Gasteiger partial charge on any atom is -0.310 e. The van der Waals surface area contributed by atoms with Crippen molar-refractivity contribution in [1.82, 2.24) is 5.32 Å². The minimum absolute atomic E-state index is 0.190. The second-order valence-corrected chi connectivity index (χ2v) is 7.06. The van der Waals surface area contributed by atoms with Crippen molar-refractivity contribution in [2.45, 2.75) is 26.3 Å². The third-order valence-corrected chi connectivity index (χ3v) is 5.34. The van der Waals surface area contributed by atoms with Crippen LogP contribution in [0.25, 0.3) is 0 Å². The van der Waals surface area contributed by atoms with Gasteiger partial charge in [0, 0.05) is 14.1 Å². The number of nitrogens with one attached hydrogen (secondary N) is 1. The van der Waals surface area contributed by atoms with E-state index in [1.165, 1.54) is 20.8 Å². The van der Waals surface area contributed by atoms with Crippen LogP contribution in [0.5, 0.6) is 0 Å². The van der Waals surface area contributed by atoms with Gasteiger partial charge in [-0.2, -0.15) is 0 Å². The molecule has 2 rings (SSSR count). The zero-order valence-corrected chi connectivity index (χ0v) is 15.8. The Morgan fingerprint density at radius 1 is 1.29 bits per heavy atom. The highest BCUT2D eigenvalue weighted by atomic mass is 127. The quantitative estimate of drug-likeness (QED) is 0.588. The molecule has 1 atom stereocenters. The van der Waals surface area contributed by atoms with Crippen molar-refractivity contribution in [2.75, 3.05) is 6.54 Å². The molecule has 0 amide bonds. The summed E-state index contributed by atoms with van der Waals surface area (Å²) in [5.41, 5.74) is 3.54. The Morgan fingerprint density at radius 2 is 2.05 bits per heavy atom. The molecule has 0 aliphatic heterocycles. The molecular formula is C17H18BrFIN. The Balaban J connectivity index is 2.32. The van der Waals surface area contributed by atoms with Gasteiger partial charge in [-0.15, -0.1) is 0 Å². The van der Waals surface area contributed by atoms with Crippen molar-refractivity contribution in [1.29, 1.82) is 0 Å². The number of benzene rings is 2. The monoisotopic (exact) mass is 461 g/mol. The van der Waals surface area contributed by atoms with E-state index in [4.69, 9.17) is 0 Å². The molecule has 1 unspecified atom stereocenters. The van der Waals surface area contributed by atoms with Crippen LogP contribution in [0.1, 0.15) is 29.7 Å². The van der Waals surface area contributed by atoms with Crippen LogP contribution in [0, 0.1) is 16.3 Å². The smallest absolute Gasteiger partial charge is 0.124 e. The van der Waals surface area contributed by atoms with Crippen LogP contribution in [-0.4, -0.2) is 6.54 Å². The van der Waals surface area contributed by atoms with Crippen LogP contribution in [0.2, 0.25) is 0 Å². The summed E-state index contributed by atoms with van der Waals surface area (Å²) < 4.78 is 15.6. The average Bonchev–Trinajstić information content (AvgIpc) is 2.40. The molecule has 4 heteroatoms. The van der Waals surface area contributed by atoms with E-state index >= 15 is 0 Å². The van der Waals surface area contributed by atoms with Gasteiger partial charge in [-0.25, -0.2) is 4.39 Å². The molecule has 0 fully saturated rings. The van der Waals surface area contributed by atoms with Gasteiger partial charge in [-0.1, -0.05) is 41.1 Å². The molecule has 21 heavy (non-hydrogen) atoms. The van der Waals surface area contributed by atoms with Crippen molar-refractivity contribution in [3.63, 3.8) is 0 Å². The molecule has 0 radical (unpaired) electrons. The highest BCUT2D eigenvalue weighted by molar-refractivity contribution is 14.1. The van der Waals surface area contributed by atoms with Crippen molar-refractivity contribution in [3.05, 3.63) is 66.9 Å². The molecular weight excluding hydrogens is 444 g/mol. The predicted octanol–water partition coefficient (Wildman–Crippen LogP) is 5.39. The summed E-state index contributed by atoms with van der Waals surface area (Å²) in [6.07, 6.45) is 0.768. The fraction of sp³-hybridized carbons (Fsp3) is 0.294. The van der Waals surface area contributed by atoms with Gasteiger partial charge in [-0.05, 0) is 77.4 Å². The Labute approximate surface area is 147 Å². The number of rotatable bonds is 5. The molecule has 2 aromatic rings. The number of aryl methyl sites for hydroxylation is 1.